The maximum atomic E-state index is 12.4. The van der Waals surface area contributed by atoms with Gasteiger partial charge in [-0.25, -0.2) is 4.98 Å². The first-order valence-corrected chi connectivity index (χ1v) is 7.29. The number of nitrogens with one attached hydrogen (secondary N) is 1. The van der Waals surface area contributed by atoms with Crippen LogP contribution < -0.4 is 16.8 Å². The molecule has 1 aromatic carbocycles. The summed E-state index contributed by atoms with van der Waals surface area (Å²) < 4.78 is 2.02. The lowest BCUT2D eigenvalue weighted by molar-refractivity contribution is 0.102. The summed E-state index contributed by atoms with van der Waals surface area (Å²) in [6.07, 6.45) is 1.90. The molecule has 0 aliphatic carbocycles. The van der Waals surface area contributed by atoms with Gasteiger partial charge < -0.3 is 21.4 Å². The summed E-state index contributed by atoms with van der Waals surface area (Å²) in [5.74, 6) is 0.254. The van der Waals surface area contributed by atoms with Gasteiger partial charge in [0.05, 0.1) is 11.1 Å². The second-order valence-electron chi connectivity index (χ2n) is 5.25. The van der Waals surface area contributed by atoms with Crippen LogP contribution in [0.2, 0.25) is 0 Å². The Hall–Kier alpha value is -3.09. The number of hydrogen-bond donors (Lipinski definition) is 3. The molecule has 3 aromatic rings. The van der Waals surface area contributed by atoms with Crippen LogP contribution in [0.3, 0.4) is 0 Å². The molecule has 0 spiro atoms. The van der Waals surface area contributed by atoms with Gasteiger partial charge in [-0.05, 0) is 38.1 Å². The lowest BCUT2D eigenvalue weighted by Gasteiger charge is -2.08. The van der Waals surface area contributed by atoms with Crippen LogP contribution in [-0.4, -0.2) is 20.4 Å². The summed E-state index contributed by atoms with van der Waals surface area (Å²) in [7, 11) is 0. The van der Waals surface area contributed by atoms with Crippen molar-refractivity contribution in [1.29, 1.82) is 0 Å². The average Bonchev–Trinajstić information content (AvgIpc) is 2.88. The molecule has 1 amide bonds. The number of nitrogens with zero attached hydrogens (tertiary/aromatic N) is 3. The minimum absolute atomic E-state index is 0.128. The fourth-order valence-electron chi connectivity index (χ4n) is 2.58. The van der Waals surface area contributed by atoms with Crippen LogP contribution in [0.4, 0.5) is 17.5 Å². The van der Waals surface area contributed by atoms with E-state index in [0.717, 1.165) is 12.2 Å². The van der Waals surface area contributed by atoms with Gasteiger partial charge in [0.2, 0.25) is 5.95 Å². The third-order valence-corrected chi connectivity index (χ3v) is 3.83. The lowest BCUT2D eigenvalue weighted by Crippen LogP contribution is -2.13. The molecule has 0 saturated carbocycles. The maximum Gasteiger partial charge on any atom is 0.257 e. The van der Waals surface area contributed by atoms with Crippen molar-refractivity contribution in [3.05, 3.63) is 41.7 Å². The molecule has 0 unspecified atom stereocenters. The van der Waals surface area contributed by atoms with Gasteiger partial charge in [-0.1, -0.05) is 0 Å². The first-order chi connectivity index (χ1) is 11.0. The summed E-state index contributed by atoms with van der Waals surface area (Å²) >= 11 is 0. The monoisotopic (exact) mass is 310 g/mol. The largest absolute Gasteiger partial charge is 0.383 e. The predicted octanol–water partition coefficient (Wildman–Crippen LogP) is 2.18. The number of aromatic nitrogens is 3. The highest BCUT2D eigenvalue weighted by Gasteiger charge is 2.13. The second-order valence-corrected chi connectivity index (χ2v) is 5.25. The van der Waals surface area contributed by atoms with Gasteiger partial charge in [0.1, 0.15) is 5.82 Å². The van der Waals surface area contributed by atoms with Gasteiger partial charge in [0.25, 0.3) is 5.91 Å². The van der Waals surface area contributed by atoms with Crippen LogP contribution in [-0.2, 0) is 6.54 Å². The van der Waals surface area contributed by atoms with Crippen molar-refractivity contribution >= 4 is 34.3 Å². The van der Waals surface area contributed by atoms with E-state index >= 15 is 0 Å². The molecule has 5 N–H and O–H groups in total. The van der Waals surface area contributed by atoms with E-state index in [2.05, 4.69) is 15.3 Å². The van der Waals surface area contributed by atoms with Crippen LogP contribution >= 0.6 is 0 Å². The molecule has 3 rings (SSSR count). The van der Waals surface area contributed by atoms with Crippen molar-refractivity contribution in [3.63, 3.8) is 0 Å². The molecule has 0 atom stereocenters. The van der Waals surface area contributed by atoms with Gasteiger partial charge in [-0.2, -0.15) is 4.98 Å². The minimum Gasteiger partial charge on any atom is -0.383 e. The second kappa shape index (κ2) is 5.60. The predicted molar refractivity (Wildman–Crippen MR) is 91.2 cm³/mol. The third kappa shape index (κ3) is 2.68. The molecule has 23 heavy (non-hydrogen) atoms. The SMILES string of the molecule is CCn1ccc(C(=O)Nc2ccc3nc(N)nc(N)c3c2)c1C. The number of aryl methyl sites for hydroxylation is 1. The zero-order valence-electron chi connectivity index (χ0n) is 13.0. The van der Waals surface area contributed by atoms with E-state index in [1.54, 1.807) is 18.2 Å². The molecule has 7 nitrogen and oxygen atoms in total. The number of nitrogens with two attached hydrogens (primary N) is 2. The number of amides is 1. The Bertz CT molecular complexity index is 899. The molecule has 0 bridgehead atoms. The number of anilines is 3. The lowest BCUT2D eigenvalue weighted by atomic mass is 10.2. The van der Waals surface area contributed by atoms with Crippen molar-refractivity contribution in [2.45, 2.75) is 20.4 Å². The molecule has 2 heterocycles. The summed E-state index contributed by atoms with van der Waals surface area (Å²) in [5, 5.41) is 3.53. The summed E-state index contributed by atoms with van der Waals surface area (Å²) in [6, 6.07) is 7.07. The number of hydrogen-bond acceptors (Lipinski definition) is 5. The van der Waals surface area contributed by atoms with Crippen LogP contribution in [0.15, 0.2) is 30.5 Å². The number of carbonyl (C=O) groups excluding carboxylic acids is 1. The van der Waals surface area contributed by atoms with Crippen molar-refractivity contribution in [1.82, 2.24) is 14.5 Å². The van der Waals surface area contributed by atoms with Crippen molar-refractivity contribution in [3.8, 4) is 0 Å². The fraction of sp³-hybridized carbons (Fsp3) is 0.188. The Morgan fingerprint density at radius 1 is 1.26 bits per heavy atom. The van der Waals surface area contributed by atoms with Crippen LogP contribution in [0.25, 0.3) is 10.9 Å². The molecule has 0 aliphatic rings. The Labute approximate surface area is 133 Å². The molecule has 0 fully saturated rings. The summed E-state index contributed by atoms with van der Waals surface area (Å²) in [5.41, 5.74) is 14.3. The maximum absolute atomic E-state index is 12.4. The number of rotatable bonds is 3. The number of carbonyl (C=O) groups is 1. The molecule has 0 saturated heterocycles. The molecule has 0 aliphatic heterocycles. The number of nitrogen functional groups attached to an aromatic ring is 2. The molecular formula is C16H18N6O. The van der Waals surface area contributed by atoms with Crippen LogP contribution in [0, 0.1) is 6.92 Å². The van der Waals surface area contributed by atoms with E-state index < -0.39 is 0 Å². The molecule has 2 aromatic heterocycles. The molecule has 118 valence electrons. The highest BCUT2D eigenvalue weighted by molar-refractivity contribution is 6.06. The molecular weight excluding hydrogens is 292 g/mol. The fourth-order valence-corrected chi connectivity index (χ4v) is 2.58. The zero-order chi connectivity index (χ0) is 16.6. The molecule has 7 heteroatoms. The van der Waals surface area contributed by atoms with E-state index in [9.17, 15) is 4.79 Å². The quantitative estimate of drug-likeness (QED) is 0.686. The smallest absolute Gasteiger partial charge is 0.257 e. The van der Waals surface area contributed by atoms with E-state index in [-0.39, 0.29) is 17.7 Å². The van der Waals surface area contributed by atoms with Crippen LogP contribution in [0.1, 0.15) is 23.0 Å². The highest BCUT2D eigenvalue weighted by atomic mass is 16.1. The van der Waals surface area contributed by atoms with Crippen molar-refractivity contribution < 1.29 is 4.79 Å². The van der Waals surface area contributed by atoms with Gasteiger partial charge in [0.15, 0.2) is 0 Å². The highest BCUT2D eigenvalue weighted by Crippen LogP contribution is 2.23. The first kappa shape index (κ1) is 14.8. The minimum atomic E-state index is -0.163. The third-order valence-electron chi connectivity index (χ3n) is 3.83. The van der Waals surface area contributed by atoms with Crippen molar-refractivity contribution in [2.75, 3.05) is 16.8 Å². The van der Waals surface area contributed by atoms with Gasteiger partial charge in [-0.3, -0.25) is 4.79 Å². The van der Waals surface area contributed by atoms with E-state index in [4.69, 9.17) is 11.5 Å². The average molecular weight is 310 g/mol. The number of benzene rings is 1. The zero-order valence-corrected chi connectivity index (χ0v) is 13.0. The van der Waals surface area contributed by atoms with Gasteiger partial charge in [-0.15, -0.1) is 0 Å². The Morgan fingerprint density at radius 2 is 2.04 bits per heavy atom. The van der Waals surface area contributed by atoms with Crippen molar-refractivity contribution in [2.24, 2.45) is 0 Å². The Morgan fingerprint density at radius 3 is 2.74 bits per heavy atom. The Kier molecular flexibility index (Phi) is 3.61. The normalized spacial score (nSPS) is 10.9. The molecule has 0 radical (unpaired) electrons. The first-order valence-electron chi connectivity index (χ1n) is 7.29. The van der Waals surface area contributed by atoms with Crippen LogP contribution in [0.5, 0.6) is 0 Å². The Balaban J connectivity index is 1.92. The van der Waals surface area contributed by atoms with Gasteiger partial charge >= 0.3 is 0 Å². The topological polar surface area (TPSA) is 112 Å². The van der Waals surface area contributed by atoms with E-state index in [1.165, 1.54) is 0 Å². The summed E-state index contributed by atoms with van der Waals surface area (Å²) in [4.78, 5) is 20.5. The summed E-state index contributed by atoms with van der Waals surface area (Å²) in [6.45, 7) is 4.78. The number of fused-ring (bicyclic) bond motifs is 1. The standard InChI is InChI=1S/C16H18N6O/c1-3-22-7-6-11(9(22)2)15(23)19-10-4-5-13-12(8-10)14(17)21-16(18)20-13/h4-8H,3H2,1-2H3,(H,19,23)(H4,17,18,20,21). The van der Waals surface area contributed by atoms with E-state index in [0.29, 0.717) is 22.2 Å². The van der Waals surface area contributed by atoms with E-state index in [1.807, 2.05) is 30.7 Å². The van der Waals surface area contributed by atoms with Gasteiger partial charge in [0, 0.05) is 29.5 Å².